The molecular weight excluding hydrogens is 313 g/mol. The number of aromatic nitrogens is 1. The lowest BCUT2D eigenvalue weighted by Crippen LogP contribution is -1.97. The summed E-state index contributed by atoms with van der Waals surface area (Å²) >= 11 is 0. The second-order valence-electron chi connectivity index (χ2n) is 4.76. The molecule has 116 valence electrons. The molecule has 1 heterocycles. The molecule has 0 bridgehead atoms. The zero-order valence-corrected chi connectivity index (χ0v) is 11.5. The Labute approximate surface area is 128 Å². The van der Waals surface area contributed by atoms with Crippen molar-refractivity contribution in [3.63, 3.8) is 0 Å². The average Bonchev–Trinajstić information content (AvgIpc) is 2.53. The topological polar surface area (TPSA) is 12.9 Å². The highest BCUT2D eigenvalue weighted by atomic mass is 19.2. The smallest absolute Gasteiger partial charge is 0.213 e. The van der Waals surface area contributed by atoms with Gasteiger partial charge in [-0.25, -0.2) is 22.5 Å². The minimum Gasteiger partial charge on any atom is -0.228 e. The third kappa shape index (κ3) is 2.67. The number of benzene rings is 2. The molecule has 0 radical (unpaired) electrons. The van der Waals surface area contributed by atoms with Crippen molar-refractivity contribution >= 4 is 0 Å². The van der Waals surface area contributed by atoms with Crippen molar-refractivity contribution in [2.24, 2.45) is 0 Å². The van der Waals surface area contributed by atoms with Crippen LogP contribution < -0.4 is 0 Å². The normalized spacial score (nSPS) is 10.8. The van der Waals surface area contributed by atoms with Crippen molar-refractivity contribution in [1.29, 1.82) is 0 Å². The Morgan fingerprint density at radius 3 is 1.70 bits per heavy atom. The van der Waals surface area contributed by atoms with Gasteiger partial charge in [-0.3, -0.25) is 0 Å². The number of pyridine rings is 1. The van der Waals surface area contributed by atoms with Gasteiger partial charge in [0, 0.05) is 29.0 Å². The first-order chi connectivity index (χ1) is 11.0. The van der Waals surface area contributed by atoms with E-state index in [2.05, 4.69) is 4.98 Å². The molecule has 6 heteroatoms. The molecule has 0 aliphatic heterocycles. The quantitative estimate of drug-likeness (QED) is 0.472. The molecule has 0 atom stereocenters. The van der Waals surface area contributed by atoms with Gasteiger partial charge in [-0.15, -0.1) is 0 Å². The highest BCUT2D eigenvalue weighted by Gasteiger charge is 2.19. The van der Waals surface area contributed by atoms with Crippen molar-refractivity contribution < 1.29 is 22.0 Å². The maximum Gasteiger partial charge on any atom is 0.213 e. The number of hydrogen-bond donors (Lipinski definition) is 0. The fourth-order valence-electron chi connectivity index (χ4n) is 2.29. The largest absolute Gasteiger partial charge is 0.228 e. The molecule has 0 saturated heterocycles. The van der Waals surface area contributed by atoms with Crippen molar-refractivity contribution in [1.82, 2.24) is 4.98 Å². The number of halogens is 5. The van der Waals surface area contributed by atoms with Gasteiger partial charge in [0.25, 0.3) is 0 Å². The third-order valence-corrected chi connectivity index (χ3v) is 3.35. The summed E-state index contributed by atoms with van der Waals surface area (Å²) in [5.41, 5.74) is -0.673. The second-order valence-corrected chi connectivity index (χ2v) is 4.76. The van der Waals surface area contributed by atoms with E-state index in [9.17, 15) is 22.0 Å². The van der Waals surface area contributed by atoms with Gasteiger partial charge in [-0.05, 0) is 17.7 Å². The summed E-state index contributed by atoms with van der Waals surface area (Å²) in [4.78, 5) is 3.39. The molecule has 23 heavy (non-hydrogen) atoms. The Bertz CT molecular complexity index is 892. The summed E-state index contributed by atoms with van der Waals surface area (Å²) in [5.74, 6) is -5.60. The molecule has 0 aliphatic carbocycles. The van der Waals surface area contributed by atoms with Gasteiger partial charge in [0.05, 0.1) is 0 Å². The molecule has 0 spiro atoms. The fraction of sp³-hybridized carbons (Fsp3) is 0. The molecule has 0 fully saturated rings. The number of rotatable bonds is 2. The van der Waals surface area contributed by atoms with Crippen LogP contribution in [0.15, 0.2) is 48.7 Å². The highest BCUT2D eigenvalue weighted by molar-refractivity contribution is 5.83. The zero-order chi connectivity index (χ0) is 16.6. The van der Waals surface area contributed by atoms with E-state index in [0.717, 1.165) is 24.4 Å². The number of nitrogens with zero attached hydrogens (tertiary/aromatic N) is 1. The molecule has 0 saturated carbocycles. The first-order valence-electron chi connectivity index (χ1n) is 6.53. The van der Waals surface area contributed by atoms with E-state index in [1.54, 1.807) is 0 Å². The molecule has 0 N–H and O–H groups in total. The van der Waals surface area contributed by atoms with Crippen LogP contribution in [0.2, 0.25) is 0 Å². The summed E-state index contributed by atoms with van der Waals surface area (Å²) in [5, 5.41) is 0. The van der Waals surface area contributed by atoms with Crippen LogP contribution in [-0.2, 0) is 0 Å². The van der Waals surface area contributed by atoms with E-state index in [-0.39, 0.29) is 22.3 Å². The van der Waals surface area contributed by atoms with Crippen LogP contribution in [-0.4, -0.2) is 4.98 Å². The lowest BCUT2D eigenvalue weighted by atomic mass is 9.95. The summed E-state index contributed by atoms with van der Waals surface area (Å²) in [6, 6.07) is 7.61. The molecule has 3 aromatic rings. The average molecular weight is 321 g/mol. The maximum absolute atomic E-state index is 14.0. The van der Waals surface area contributed by atoms with E-state index in [1.165, 1.54) is 24.3 Å². The van der Waals surface area contributed by atoms with Crippen LogP contribution in [0, 0.1) is 29.2 Å². The third-order valence-electron chi connectivity index (χ3n) is 3.35. The van der Waals surface area contributed by atoms with Gasteiger partial charge in [0.15, 0.2) is 23.3 Å². The van der Waals surface area contributed by atoms with Gasteiger partial charge in [-0.2, -0.15) is 4.39 Å². The van der Waals surface area contributed by atoms with Gasteiger partial charge >= 0.3 is 0 Å². The molecule has 1 aromatic heterocycles. The lowest BCUT2D eigenvalue weighted by Gasteiger charge is -2.12. The Hall–Kier alpha value is -2.76. The lowest BCUT2D eigenvalue weighted by molar-refractivity contribution is 0.510. The predicted molar refractivity (Wildman–Crippen MR) is 74.9 cm³/mol. The van der Waals surface area contributed by atoms with E-state index in [1.807, 2.05) is 0 Å². The van der Waals surface area contributed by atoms with E-state index in [0.29, 0.717) is 0 Å². The summed E-state index contributed by atoms with van der Waals surface area (Å²) in [6.07, 6.45) is 0.951. The van der Waals surface area contributed by atoms with E-state index < -0.39 is 29.2 Å². The SMILES string of the molecule is Fc1cc(-c2cccc(F)c2F)c(-c2cccc(F)c2F)cn1. The van der Waals surface area contributed by atoms with Gasteiger partial charge < -0.3 is 0 Å². The predicted octanol–water partition coefficient (Wildman–Crippen LogP) is 5.11. The summed E-state index contributed by atoms with van der Waals surface area (Å²) in [6.45, 7) is 0. The highest BCUT2D eigenvalue weighted by Crippen LogP contribution is 2.35. The Kier molecular flexibility index (Phi) is 3.82. The molecule has 0 amide bonds. The molecule has 3 rings (SSSR count). The van der Waals surface area contributed by atoms with E-state index in [4.69, 9.17) is 0 Å². The van der Waals surface area contributed by atoms with Crippen LogP contribution in [0.1, 0.15) is 0 Å². The van der Waals surface area contributed by atoms with Crippen molar-refractivity contribution in [2.45, 2.75) is 0 Å². The Morgan fingerprint density at radius 1 is 0.609 bits per heavy atom. The first kappa shape index (κ1) is 15.1. The molecule has 1 nitrogen and oxygen atoms in total. The van der Waals surface area contributed by atoms with Crippen molar-refractivity contribution in [2.75, 3.05) is 0 Å². The van der Waals surface area contributed by atoms with Crippen molar-refractivity contribution in [3.05, 3.63) is 77.9 Å². The monoisotopic (exact) mass is 321 g/mol. The van der Waals surface area contributed by atoms with Gasteiger partial charge in [0.2, 0.25) is 5.95 Å². The van der Waals surface area contributed by atoms with Gasteiger partial charge in [-0.1, -0.05) is 24.3 Å². The first-order valence-corrected chi connectivity index (χ1v) is 6.53. The summed E-state index contributed by atoms with van der Waals surface area (Å²) < 4.78 is 68.3. The zero-order valence-electron chi connectivity index (χ0n) is 11.5. The summed E-state index contributed by atoms with van der Waals surface area (Å²) in [7, 11) is 0. The van der Waals surface area contributed by atoms with Crippen LogP contribution in [0.3, 0.4) is 0 Å². The van der Waals surface area contributed by atoms with Crippen molar-refractivity contribution in [3.8, 4) is 22.3 Å². The standard InChI is InChI=1S/C17H8F5N/c18-13-5-1-3-9(16(13)21)11-7-15(20)23-8-12(11)10-4-2-6-14(19)17(10)22/h1-8H. The molecule has 2 aromatic carbocycles. The Balaban J connectivity index is 2.32. The molecule has 0 aliphatic rings. The van der Waals surface area contributed by atoms with Crippen LogP contribution in [0.25, 0.3) is 22.3 Å². The minimum atomic E-state index is -1.21. The maximum atomic E-state index is 14.0. The van der Waals surface area contributed by atoms with E-state index >= 15 is 0 Å². The van der Waals surface area contributed by atoms with Crippen LogP contribution in [0.5, 0.6) is 0 Å². The molecule has 0 unspecified atom stereocenters. The van der Waals surface area contributed by atoms with Crippen LogP contribution >= 0.6 is 0 Å². The molecular formula is C17H8F5N. The fourth-order valence-corrected chi connectivity index (χ4v) is 2.29. The minimum absolute atomic E-state index is 0.0482. The number of hydrogen-bond acceptors (Lipinski definition) is 1. The van der Waals surface area contributed by atoms with Gasteiger partial charge in [0.1, 0.15) is 0 Å². The van der Waals surface area contributed by atoms with Crippen LogP contribution in [0.4, 0.5) is 22.0 Å². The Morgan fingerprint density at radius 2 is 1.13 bits per heavy atom. The second kappa shape index (κ2) is 5.79.